The molecule has 0 atom stereocenters. The molecule has 0 radical (unpaired) electrons. The third-order valence-corrected chi connectivity index (χ3v) is 9.18. The molecule has 0 amide bonds. The van der Waals surface area contributed by atoms with Gasteiger partial charge in [0.1, 0.15) is 36.2 Å². The largest absolute Gasteiger partial charge is 0.486 e. The molecule has 6 aromatic carbocycles. The number of para-hydroxylation sites is 1. The van der Waals surface area contributed by atoms with E-state index in [4.69, 9.17) is 18.3 Å². The van der Waals surface area contributed by atoms with E-state index in [1.165, 1.54) is 11.1 Å². The van der Waals surface area contributed by atoms with Gasteiger partial charge in [-0.1, -0.05) is 97.1 Å². The lowest BCUT2D eigenvalue weighted by Crippen LogP contribution is -2.09. The van der Waals surface area contributed by atoms with Crippen molar-refractivity contribution in [2.75, 3.05) is 4.90 Å². The summed E-state index contributed by atoms with van der Waals surface area (Å²) in [5, 5.41) is 0. The number of benzene rings is 6. The number of anilines is 3. The molecule has 0 aliphatic heterocycles. The van der Waals surface area contributed by atoms with Crippen LogP contribution in [0.15, 0.2) is 203 Å². The average molecular weight is 706 g/mol. The van der Waals surface area contributed by atoms with Crippen LogP contribution in [0.1, 0.15) is 39.3 Å². The third kappa shape index (κ3) is 8.55. The first-order valence-electron chi connectivity index (χ1n) is 18.0. The predicted molar refractivity (Wildman–Crippen MR) is 216 cm³/mol. The summed E-state index contributed by atoms with van der Waals surface area (Å²) in [6.45, 7) is 0.747. The Morgan fingerprint density at radius 3 is 1.41 bits per heavy atom. The van der Waals surface area contributed by atoms with E-state index >= 15 is 0 Å². The second-order valence-electron chi connectivity index (χ2n) is 12.9. The summed E-state index contributed by atoms with van der Waals surface area (Å²) in [5.41, 5.74) is 10.1. The number of rotatable bonds is 14. The average Bonchev–Trinajstić information content (AvgIpc) is 3.97. The van der Waals surface area contributed by atoms with Crippen molar-refractivity contribution in [3.8, 4) is 11.5 Å². The van der Waals surface area contributed by atoms with Crippen LogP contribution in [-0.2, 0) is 19.6 Å². The summed E-state index contributed by atoms with van der Waals surface area (Å²) in [7, 11) is 0. The monoisotopic (exact) mass is 705 g/mol. The standard InChI is InChI=1S/C49H39NO4/c1-3-9-37(10-4-1)33-38-15-23-43(24-16-38)50(42-11-5-2-6-12-42)44-25-17-39(18-26-44)34-49(40-19-27-45(28-20-40)53-35-47-13-7-31-51-47)41-21-29-46(30-22-41)54-36-48-14-8-32-52-48/h1-32,34H,33,35-36H2. The third-order valence-electron chi connectivity index (χ3n) is 9.18. The quantitative estimate of drug-likeness (QED) is 0.105. The molecule has 54 heavy (non-hydrogen) atoms. The summed E-state index contributed by atoms with van der Waals surface area (Å²) >= 11 is 0. The first-order chi connectivity index (χ1) is 26.7. The Balaban J connectivity index is 1.07. The van der Waals surface area contributed by atoms with E-state index in [0.717, 1.165) is 68.8 Å². The SMILES string of the molecule is C(=C(c1ccc(OCc2ccco2)cc1)c1ccc(OCc2ccco2)cc1)c1ccc(N(c2ccccc2)c2ccc(Cc3ccccc3)cc2)cc1. The molecule has 0 aliphatic carbocycles. The Hall–Kier alpha value is -6.98. The van der Waals surface area contributed by atoms with E-state index in [1.54, 1.807) is 12.5 Å². The summed E-state index contributed by atoms with van der Waals surface area (Å²) in [6.07, 6.45) is 6.44. The van der Waals surface area contributed by atoms with Gasteiger partial charge >= 0.3 is 0 Å². The smallest absolute Gasteiger partial charge is 0.146 e. The predicted octanol–water partition coefficient (Wildman–Crippen LogP) is 12.7. The number of hydrogen-bond acceptors (Lipinski definition) is 5. The van der Waals surface area contributed by atoms with Crippen molar-refractivity contribution in [3.63, 3.8) is 0 Å². The number of ether oxygens (including phenoxy) is 2. The van der Waals surface area contributed by atoms with Crippen LogP contribution in [0.25, 0.3) is 11.6 Å². The van der Waals surface area contributed by atoms with Crippen LogP contribution < -0.4 is 14.4 Å². The molecule has 0 saturated heterocycles. The Morgan fingerprint density at radius 1 is 0.444 bits per heavy atom. The zero-order valence-corrected chi connectivity index (χ0v) is 29.8. The zero-order chi connectivity index (χ0) is 36.4. The maximum absolute atomic E-state index is 5.98. The fraction of sp³-hybridized carbons (Fsp3) is 0.0612. The Labute approximate surface area is 316 Å². The second-order valence-corrected chi connectivity index (χ2v) is 12.9. The van der Waals surface area contributed by atoms with Crippen LogP contribution in [0.3, 0.4) is 0 Å². The molecular formula is C49H39NO4. The van der Waals surface area contributed by atoms with Gasteiger partial charge < -0.3 is 23.2 Å². The molecular weight excluding hydrogens is 667 g/mol. The summed E-state index contributed by atoms with van der Waals surface area (Å²) in [4.78, 5) is 2.30. The van der Waals surface area contributed by atoms with Gasteiger partial charge in [-0.15, -0.1) is 0 Å². The number of furan rings is 2. The summed E-state index contributed by atoms with van der Waals surface area (Å²) in [6, 6.07) is 62.6. The number of hydrogen-bond donors (Lipinski definition) is 0. The lowest BCUT2D eigenvalue weighted by atomic mass is 9.95. The zero-order valence-electron chi connectivity index (χ0n) is 29.8. The van der Waals surface area contributed by atoms with Gasteiger partial charge in [0.25, 0.3) is 0 Å². The molecule has 264 valence electrons. The van der Waals surface area contributed by atoms with Crippen molar-refractivity contribution >= 4 is 28.7 Å². The van der Waals surface area contributed by atoms with Crippen molar-refractivity contribution in [2.24, 2.45) is 0 Å². The van der Waals surface area contributed by atoms with Gasteiger partial charge in [0, 0.05) is 17.1 Å². The molecule has 0 unspecified atom stereocenters. The molecule has 0 N–H and O–H groups in total. The molecule has 0 bridgehead atoms. The van der Waals surface area contributed by atoms with Gasteiger partial charge in [-0.2, -0.15) is 0 Å². The molecule has 8 rings (SSSR count). The van der Waals surface area contributed by atoms with Gasteiger partial charge in [-0.3, -0.25) is 0 Å². The van der Waals surface area contributed by atoms with Gasteiger partial charge in [0.2, 0.25) is 0 Å². The van der Waals surface area contributed by atoms with Gasteiger partial charge in [-0.25, -0.2) is 0 Å². The highest BCUT2D eigenvalue weighted by Crippen LogP contribution is 2.36. The van der Waals surface area contributed by atoms with Crippen molar-refractivity contribution in [3.05, 3.63) is 234 Å². The van der Waals surface area contributed by atoms with Crippen LogP contribution in [0, 0.1) is 0 Å². The minimum atomic E-state index is 0.374. The molecule has 5 nitrogen and oxygen atoms in total. The fourth-order valence-electron chi connectivity index (χ4n) is 6.40. The molecule has 0 saturated carbocycles. The van der Waals surface area contributed by atoms with E-state index in [-0.39, 0.29) is 0 Å². The highest BCUT2D eigenvalue weighted by atomic mass is 16.5. The minimum absolute atomic E-state index is 0.374. The van der Waals surface area contributed by atoms with Crippen molar-refractivity contribution < 1.29 is 18.3 Å². The number of nitrogens with zero attached hydrogens (tertiary/aromatic N) is 1. The first kappa shape index (κ1) is 34.1. The maximum atomic E-state index is 5.98. The Bertz CT molecular complexity index is 2260. The molecule has 0 aliphatic rings. The Morgan fingerprint density at radius 2 is 0.907 bits per heavy atom. The molecule has 8 aromatic rings. The summed E-state index contributed by atoms with van der Waals surface area (Å²) < 4.78 is 22.8. The lowest BCUT2D eigenvalue weighted by Gasteiger charge is -2.25. The molecule has 5 heteroatoms. The van der Waals surface area contributed by atoms with Gasteiger partial charge in [-0.05, 0) is 131 Å². The van der Waals surface area contributed by atoms with Crippen LogP contribution in [0.2, 0.25) is 0 Å². The first-order valence-corrected chi connectivity index (χ1v) is 18.0. The van der Waals surface area contributed by atoms with Crippen LogP contribution in [-0.4, -0.2) is 0 Å². The topological polar surface area (TPSA) is 48.0 Å². The highest BCUT2D eigenvalue weighted by molar-refractivity contribution is 5.92. The van der Waals surface area contributed by atoms with Crippen LogP contribution in [0.5, 0.6) is 11.5 Å². The van der Waals surface area contributed by atoms with Gasteiger partial charge in [0.15, 0.2) is 0 Å². The Kier molecular flexibility index (Phi) is 10.5. The van der Waals surface area contributed by atoms with Crippen molar-refractivity contribution in [2.45, 2.75) is 19.6 Å². The van der Waals surface area contributed by atoms with E-state index in [9.17, 15) is 0 Å². The van der Waals surface area contributed by atoms with Crippen molar-refractivity contribution in [1.29, 1.82) is 0 Å². The van der Waals surface area contributed by atoms with E-state index < -0.39 is 0 Å². The molecule has 2 heterocycles. The maximum Gasteiger partial charge on any atom is 0.146 e. The van der Waals surface area contributed by atoms with E-state index in [0.29, 0.717) is 13.2 Å². The summed E-state index contributed by atoms with van der Waals surface area (Å²) in [5.74, 6) is 3.11. The van der Waals surface area contributed by atoms with Crippen molar-refractivity contribution in [1.82, 2.24) is 0 Å². The van der Waals surface area contributed by atoms with E-state index in [2.05, 4.69) is 144 Å². The second kappa shape index (κ2) is 16.6. The van der Waals surface area contributed by atoms with Crippen LogP contribution >= 0.6 is 0 Å². The fourth-order valence-corrected chi connectivity index (χ4v) is 6.40. The molecule has 0 spiro atoms. The molecule has 0 fully saturated rings. The normalized spacial score (nSPS) is 10.8. The van der Waals surface area contributed by atoms with E-state index in [1.807, 2.05) is 48.5 Å². The lowest BCUT2D eigenvalue weighted by molar-refractivity contribution is 0.270. The van der Waals surface area contributed by atoms with Gasteiger partial charge in [0.05, 0.1) is 12.5 Å². The van der Waals surface area contributed by atoms with Crippen LogP contribution in [0.4, 0.5) is 17.1 Å². The highest BCUT2D eigenvalue weighted by Gasteiger charge is 2.13. The minimum Gasteiger partial charge on any atom is -0.486 e. The molecule has 2 aromatic heterocycles.